The first-order valence-electron chi connectivity index (χ1n) is 11.7. The maximum Gasteiger partial charge on any atom is 0.264 e. The van der Waals surface area contributed by atoms with Gasteiger partial charge in [0.2, 0.25) is 5.91 Å². The number of amides is 2. The molecule has 0 bridgehead atoms. The van der Waals surface area contributed by atoms with Crippen LogP contribution in [0.1, 0.15) is 89.2 Å². The van der Waals surface area contributed by atoms with Gasteiger partial charge in [-0.05, 0) is 50.3 Å². The second kappa shape index (κ2) is 9.59. The van der Waals surface area contributed by atoms with Gasteiger partial charge >= 0.3 is 0 Å². The zero-order chi connectivity index (χ0) is 21.1. The Labute approximate surface area is 184 Å². The molecule has 164 valence electrons. The zero-order valence-electron chi connectivity index (χ0n) is 17.9. The van der Waals surface area contributed by atoms with Gasteiger partial charge < -0.3 is 15.0 Å². The molecule has 2 aliphatic carbocycles. The van der Waals surface area contributed by atoms with Crippen molar-refractivity contribution in [2.45, 2.75) is 102 Å². The predicted molar refractivity (Wildman–Crippen MR) is 118 cm³/mol. The normalized spacial score (nSPS) is 25.9. The Morgan fingerprint density at radius 2 is 1.77 bits per heavy atom. The molecule has 1 aromatic rings. The van der Waals surface area contributed by atoms with Gasteiger partial charge in [0.05, 0.1) is 0 Å². The summed E-state index contributed by atoms with van der Waals surface area (Å²) in [6, 6.07) is 4.94. The van der Waals surface area contributed by atoms with E-state index in [2.05, 4.69) is 5.32 Å². The Kier molecular flexibility index (Phi) is 6.87. The number of nitrogens with one attached hydrogen (secondary N) is 1. The van der Waals surface area contributed by atoms with Crippen molar-refractivity contribution in [3.05, 3.63) is 28.8 Å². The van der Waals surface area contributed by atoms with Crippen molar-refractivity contribution < 1.29 is 14.3 Å². The fourth-order valence-corrected chi connectivity index (χ4v) is 5.47. The lowest BCUT2D eigenvalue weighted by atomic mass is 9.90. The molecule has 1 aliphatic heterocycles. The van der Waals surface area contributed by atoms with Gasteiger partial charge in [-0.3, -0.25) is 9.59 Å². The van der Waals surface area contributed by atoms with Crippen LogP contribution in [0.5, 0.6) is 5.75 Å². The lowest BCUT2D eigenvalue weighted by Crippen LogP contribution is -2.53. The summed E-state index contributed by atoms with van der Waals surface area (Å²) in [5, 5.41) is 3.82. The summed E-state index contributed by atoms with van der Waals surface area (Å²) in [6.45, 7) is 1.96. The fourth-order valence-electron chi connectivity index (χ4n) is 5.29. The highest BCUT2D eigenvalue weighted by Gasteiger charge is 2.44. The van der Waals surface area contributed by atoms with Crippen LogP contribution >= 0.6 is 11.6 Å². The van der Waals surface area contributed by atoms with Crippen LogP contribution in [0.2, 0.25) is 5.02 Å². The minimum Gasteiger partial charge on any atom is -0.480 e. The third-order valence-corrected chi connectivity index (χ3v) is 7.12. The maximum atomic E-state index is 13.7. The molecule has 0 aromatic heterocycles. The molecule has 0 spiro atoms. The van der Waals surface area contributed by atoms with E-state index >= 15 is 0 Å². The van der Waals surface area contributed by atoms with E-state index in [0.717, 1.165) is 51.4 Å². The third kappa shape index (κ3) is 4.46. The Balaban J connectivity index is 1.74. The lowest BCUT2D eigenvalue weighted by Gasteiger charge is -2.39. The number of nitrogens with zero attached hydrogens (tertiary/aromatic N) is 1. The molecule has 2 amide bonds. The number of hydrogen-bond acceptors (Lipinski definition) is 3. The van der Waals surface area contributed by atoms with E-state index in [4.69, 9.17) is 16.3 Å². The van der Waals surface area contributed by atoms with Crippen LogP contribution in [0.15, 0.2) is 18.2 Å². The lowest BCUT2D eigenvalue weighted by molar-refractivity contribution is -0.149. The molecule has 2 atom stereocenters. The molecule has 5 nitrogen and oxygen atoms in total. The van der Waals surface area contributed by atoms with Gasteiger partial charge in [0.1, 0.15) is 11.8 Å². The average Bonchev–Trinajstić information content (AvgIpc) is 2.89. The third-order valence-electron chi connectivity index (χ3n) is 6.88. The first kappa shape index (κ1) is 21.5. The van der Waals surface area contributed by atoms with Gasteiger partial charge in [0.15, 0.2) is 6.10 Å². The highest BCUT2D eigenvalue weighted by atomic mass is 35.5. The summed E-state index contributed by atoms with van der Waals surface area (Å²) in [7, 11) is 0. The number of halogens is 1. The summed E-state index contributed by atoms with van der Waals surface area (Å²) in [5.74, 6) is 0.437. The molecular weight excluding hydrogens is 400 g/mol. The van der Waals surface area contributed by atoms with E-state index in [1.54, 1.807) is 12.1 Å². The quantitative estimate of drug-likeness (QED) is 0.714. The van der Waals surface area contributed by atoms with E-state index in [-0.39, 0.29) is 23.9 Å². The van der Waals surface area contributed by atoms with Crippen LogP contribution in [-0.4, -0.2) is 34.9 Å². The first-order valence-corrected chi connectivity index (χ1v) is 12.0. The van der Waals surface area contributed by atoms with Crippen LogP contribution < -0.4 is 10.1 Å². The van der Waals surface area contributed by atoms with Crippen molar-refractivity contribution in [1.29, 1.82) is 0 Å². The van der Waals surface area contributed by atoms with Crippen molar-refractivity contribution in [2.75, 3.05) is 0 Å². The molecule has 1 heterocycles. The van der Waals surface area contributed by atoms with E-state index in [0.29, 0.717) is 22.8 Å². The molecule has 6 heteroatoms. The fraction of sp³-hybridized carbons (Fsp3) is 0.667. The number of ether oxygens (including phenoxy) is 1. The monoisotopic (exact) mass is 432 g/mol. The van der Waals surface area contributed by atoms with E-state index in [1.165, 1.54) is 12.8 Å². The molecule has 30 heavy (non-hydrogen) atoms. The molecule has 4 rings (SSSR count). The van der Waals surface area contributed by atoms with E-state index < -0.39 is 12.1 Å². The Morgan fingerprint density at radius 1 is 1.10 bits per heavy atom. The minimum absolute atomic E-state index is 0.0657. The number of rotatable bonds is 4. The summed E-state index contributed by atoms with van der Waals surface area (Å²) in [6.07, 6.45) is 10.8. The molecule has 0 saturated heterocycles. The topological polar surface area (TPSA) is 58.6 Å². The van der Waals surface area contributed by atoms with Gasteiger partial charge in [0.25, 0.3) is 5.91 Å². The standard InChI is InChI=1S/C24H33ClN2O3/c1-2-20-24(29)27(18-11-7-4-8-12-18)22(19-15-16(25)13-14-21(19)30-20)23(28)26-17-9-5-3-6-10-17/h13-15,17-18,20,22H,2-12H2,1H3,(H,26,28). The molecular formula is C24H33ClN2O3. The highest BCUT2D eigenvalue weighted by molar-refractivity contribution is 6.30. The van der Waals surface area contributed by atoms with Gasteiger partial charge in [-0.15, -0.1) is 0 Å². The molecule has 1 N–H and O–H groups in total. The second-order valence-corrected chi connectivity index (χ2v) is 9.42. The molecule has 2 unspecified atom stereocenters. The number of hydrogen-bond donors (Lipinski definition) is 1. The Hall–Kier alpha value is -1.75. The number of benzene rings is 1. The van der Waals surface area contributed by atoms with Gasteiger partial charge in [-0.1, -0.05) is 57.0 Å². The van der Waals surface area contributed by atoms with Gasteiger partial charge in [-0.25, -0.2) is 0 Å². The SMILES string of the molecule is CCC1Oc2ccc(Cl)cc2C(C(=O)NC2CCCCC2)N(C2CCCCC2)C1=O. The zero-order valence-corrected chi connectivity index (χ0v) is 18.6. The Morgan fingerprint density at radius 3 is 2.43 bits per heavy atom. The van der Waals surface area contributed by atoms with Crippen LogP contribution in [-0.2, 0) is 9.59 Å². The van der Waals surface area contributed by atoms with Crippen molar-refractivity contribution in [1.82, 2.24) is 10.2 Å². The smallest absolute Gasteiger partial charge is 0.264 e. The van der Waals surface area contributed by atoms with Crippen molar-refractivity contribution in [2.24, 2.45) is 0 Å². The van der Waals surface area contributed by atoms with Gasteiger partial charge in [0, 0.05) is 22.7 Å². The largest absolute Gasteiger partial charge is 0.480 e. The highest BCUT2D eigenvalue weighted by Crippen LogP contribution is 2.40. The van der Waals surface area contributed by atoms with Crippen LogP contribution in [0.4, 0.5) is 0 Å². The van der Waals surface area contributed by atoms with Crippen molar-refractivity contribution in [3.8, 4) is 5.75 Å². The van der Waals surface area contributed by atoms with Crippen molar-refractivity contribution >= 4 is 23.4 Å². The van der Waals surface area contributed by atoms with E-state index in [9.17, 15) is 9.59 Å². The summed E-state index contributed by atoms with van der Waals surface area (Å²) >= 11 is 6.34. The van der Waals surface area contributed by atoms with Gasteiger partial charge in [-0.2, -0.15) is 0 Å². The molecule has 3 aliphatic rings. The van der Waals surface area contributed by atoms with E-state index in [1.807, 2.05) is 17.9 Å². The van der Waals surface area contributed by atoms with Crippen LogP contribution in [0, 0.1) is 0 Å². The summed E-state index contributed by atoms with van der Waals surface area (Å²) in [4.78, 5) is 29.2. The maximum absolute atomic E-state index is 13.7. The molecule has 2 fully saturated rings. The molecule has 2 saturated carbocycles. The van der Waals surface area contributed by atoms with Crippen LogP contribution in [0.3, 0.4) is 0 Å². The minimum atomic E-state index is -0.687. The Bertz CT molecular complexity index is 772. The number of carbonyl (C=O) groups is 2. The molecule has 0 radical (unpaired) electrons. The summed E-state index contributed by atoms with van der Waals surface area (Å²) < 4.78 is 6.13. The second-order valence-electron chi connectivity index (χ2n) is 8.98. The number of carbonyl (C=O) groups excluding carboxylic acids is 2. The van der Waals surface area contributed by atoms with Crippen LogP contribution in [0.25, 0.3) is 0 Å². The number of fused-ring (bicyclic) bond motifs is 1. The summed E-state index contributed by atoms with van der Waals surface area (Å²) in [5.41, 5.74) is 0.714. The average molecular weight is 433 g/mol. The van der Waals surface area contributed by atoms with Crippen molar-refractivity contribution in [3.63, 3.8) is 0 Å². The molecule has 1 aromatic carbocycles. The first-order chi connectivity index (χ1) is 14.6. The predicted octanol–water partition coefficient (Wildman–Crippen LogP) is 5.16.